The number of nitrogens with zero attached hydrogens (tertiary/aromatic N) is 2. The van der Waals surface area contributed by atoms with Crippen LogP contribution >= 0.6 is 0 Å². The standard InChI is InChI=1S/C17H20N4O2/c1-21-10-14(16(20-21)17(18)23)19-15(22)9-11-5-7-13(8-6-11)12-3-2-4-12/h5-8,10,12H,2-4,9H2,1H3,(H2,18,23)(H,19,22). The molecule has 0 atom stereocenters. The Kier molecular flexibility index (Phi) is 4.14. The van der Waals surface area contributed by atoms with E-state index in [0.29, 0.717) is 11.6 Å². The molecule has 1 heterocycles. The van der Waals surface area contributed by atoms with Crippen molar-refractivity contribution in [3.63, 3.8) is 0 Å². The van der Waals surface area contributed by atoms with Gasteiger partial charge in [0, 0.05) is 13.2 Å². The van der Waals surface area contributed by atoms with Crippen LogP contribution in [0.2, 0.25) is 0 Å². The SMILES string of the molecule is Cn1cc(NC(=O)Cc2ccc(C3CCC3)cc2)c(C(N)=O)n1. The molecule has 1 aliphatic rings. The fraction of sp³-hybridized carbons (Fsp3) is 0.353. The Hall–Kier alpha value is -2.63. The highest BCUT2D eigenvalue weighted by molar-refractivity contribution is 6.01. The summed E-state index contributed by atoms with van der Waals surface area (Å²) in [5, 5.41) is 6.64. The van der Waals surface area contributed by atoms with Gasteiger partial charge in [0.05, 0.1) is 12.1 Å². The topological polar surface area (TPSA) is 90.0 Å². The molecule has 0 aliphatic heterocycles. The van der Waals surface area contributed by atoms with Gasteiger partial charge in [0.1, 0.15) is 0 Å². The first-order chi connectivity index (χ1) is 11.0. The molecule has 120 valence electrons. The maximum absolute atomic E-state index is 12.2. The normalized spacial score (nSPS) is 14.3. The second kappa shape index (κ2) is 6.24. The molecule has 0 spiro atoms. The van der Waals surface area contributed by atoms with Crippen molar-refractivity contribution >= 4 is 17.5 Å². The van der Waals surface area contributed by atoms with Crippen LogP contribution in [0.4, 0.5) is 5.69 Å². The van der Waals surface area contributed by atoms with Crippen molar-refractivity contribution in [1.29, 1.82) is 0 Å². The van der Waals surface area contributed by atoms with Crippen LogP contribution in [0.5, 0.6) is 0 Å². The zero-order valence-electron chi connectivity index (χ0n) is 13.1. The number of carbonyl (C=O) groups is 2. The molecule has 0 bridgehead atoms. The maximum atomic E-state index is 12.2. The van der Waals surface area contributed by atoms with Crippen LogP contribution in [0.25, 0.3) is 0 Å². The number of aryl methyl sites for hydroxylation is 1. The van der Waals surface area contributed by atoms with Gasteiger partial charge in [0.25, 0.3) is 5.91 Å². The van der Waals surface area contributed by atoms with Crippen molar-refractivity contribution in [2.45, 2.75) is 31.6 Å². The molecule has 1 aliphatic carbocycles. The lowest BCUT2D eigenvalue weighted by atomic mass is 9.80. The average Bonchev–Trinajstić information content (AvgIpc) is 2.80. The van der Waals surface area contributed by atoms with E-state index in [0.717, 1.165) is 5.56 Å². The first kappa shape index (κ1) is 15.3. The monoisotopic (exact) mass is 312 g/mol. The number of nitrogens with one attached hydrogen (secondary N) is 1. The van der Waals surface area contributed by atoms with Crippen molar-refractivity contribution in [1.82, 2.24) is 9.78 Å². The number of aromatic nitrogens is 2. The van der Waals surface area contributed by atoms with Crippen molar-refractivity contribution in [2.75, 3.05) is 5.32 Å². The fourth-order valence-electron chi connectivity index (χ4n) is 2.79. The summed E-state index contributed by atoms with van der Waals surface area (Å²) in [7, 11) is 1.67. The van der Waals surface area contributed by atoms with Crippen LogP contribution in [-0.2, 0) is 18.3 Å². The van der Waals surface area contributed by atoms with Crippen LogP contribution in [0, 0.1) is 0 Å². The van der Waals surface area contributed by atoms with Crippen LogP contribution in [0.3, 0.4) is 0 Å². The third-order valence-electron chi connectivity index (χ3n) is 4.26. The highest BCUT2D eigenvalue weighted by Crippen LogP contribution is 2.36. The minimum absolute atomic E-state index is 0.0705. The first-order valence-corrected chi connectivity index (χ1v) is 7.75. The summed E-state index contributed by atoms with van der Waals surface area (Å²) in [6, 6.07) is 8.19. The Bertz CT molecular complexity index is 730. The molecule has 2 amide bonds. The van der Waals surface area contributed by atoms with Gasteiger partial charge in [-0.05, 0) is 29.9 Å². The number of rotatable bonds is 5. The Balaban J connectivity index is 1.64. The van der Waals surface area contributed by atoms with Gasteiger partial charge in [0.15, 0.2) is 5.69 Å². The summed E-state index contributed by atoms with van der Waals surface area (Å²) < 4.78 is 1.45. The number of anilines is 1. The molecule has 23 heavy (non-hydrogen) atoms. The Morgan fingerprint density at radius 1 is 1.30 bits per heavy atom. The highest BCUT2D eigenvalue weighted by atomic mass is 16.2. The number of hydrogen-bond acceptors (Lipinski definition) is 3. The molecule has 1 fully saturated rings. The first-order valence-electron chi connectivity index (χ1n) is 7.75. The second-order valence-corrected chi connectivity index (χ2v) is 6.02. The Morgan fingerprint density at radius 2 is 2.00 bits per heavy atom. The quantitative estimate of drug-likeness (QED) is 0.884. The van der Waals surface area contributed by atoms with Crippen LogP contribution < -0.4 is 11.1 Å². The zero-order chi connectivity index (χ0) is 16.4. The fourth-order valence-corrected chi connectivity index (χ4v) is 2.79. The third kappa shape index (κ3) is 3.41. The second-order valence-electron chi connectivity index (χ2n) is 6.02. The van der Waals surface area contributed by atoms with Crippen molar-refractivity contribution in [3.05, 3.63) is 47.3 Å². The number of benzene rings is 1. The molecule has 3 rings (SSSR count). The third-order valence-corrected chi connectivity index (χ3v) is 4.26. The molecular weight excluding hydrogens is 292 g/mol. The lowest BCUT2D eigenvalue weighted by Gasteiger charge is -2.25. The molecule has 0 radical (unpaired) electrons. The molecule has 1 saturated carbocycles. The zero-order valence-corrected chi connectivity index (χ0v) is 13.1. The highest BCUT2D eigenvalue weighted by Gasteiger charge is 2.19. The maximum Gasteiger partial charge on any atom is 0.271 e. The number of amides is 2. The van der Waals surface area contributed by atoms with Crippen LogP contribution in [-0.4, -0.2) is 21.6 Å². The molecule has 0 saturated heterocycles. The summed E-state index contributed by atoms with van der Waals surface area (Å²) in [4.78, 5) is 23.5. The van der Waals surface area contributed by atoms with E-state index in [1.54, 1.807) is 13.2 Å². The predicted octanol–water partition coefficient (Wildman–Crippen LogP) is 1.97. The largest absolute Gasteiger partial charge is 0.364 e. The Labute approximate surface area is 134 Å². The van der Waals surface area contributed by atoms with Gasteiger partial charge in [-0.3, -0.25) is 14.3 Å². The van der Waals surface area contributed by atoms with Gasteiger partial charge >= 0.3 is 0 Å². The van der Waals surface area contributed by atoms with E-state index < -0.39 is 5.91 Å². The lowest BCUT2D eigenvalue weighted by Crippen LogP contribution is -2.19. The molecule has 6 heteroatoms. The summed E-state index contributed by atoms with van der Waals surface area (Å²) in [6.45, 7) is 0. The number of primary amides is 1. The summed E-state index contributed by atoms with van der Waals surface area (Å²) >= 11 is 0. The number of nitrogens with two attached hydrogens (primary N) is 1. The number of carbonyl (C=O) groups excluding carboxylic acids is 2. The Morgan fingerprint density at radius 3 is 2.57 bits per heavy atom. The predicted molar refractivity (Wildman–Crippen MR) is 87.1 cm³/mol. The molecule has 2 aromatic rings. The minimum Gasteiger partial charge on any atom is -0.364 e. The van der Waals surface area contributed by atoms with Crippen LogP contribution in [0.15, 0.2) is 30.5 Å². The molecular formula is C17H20N4O2. The molecule has 3 N–H and O–H groups in total. The van der Waals surface area contributed by atoms with Crippen molar-refractivity contribution in [3.8, 4) is 0 Å². The number of hydrogen-bond donors (Lipinski definition) is 2. The molecule has 0 unspecified atom stereocenters. The lowest BCUT2D eigenvalue weighted by molar-refractivity contribution is -0.115. The molecule has 1 aromatic heterocycles. The average molecular weight is 312 g/mol. The van der Waals surface area contributed by atoms with E-state index in [2.05, 4.69) is 22.5 Å². The van der Waals surface area contributed by atoms with E-state index in [1.165, 1.54) is 29.5 Å². The summed E-state index contributed by atoms with van der Waals surface area (Å²) in [5.41, 5.74) is 7.96. The molecule has 1 aromatic carbocycles. The van der Waals surface area contributed by atoms with E-state index in [9.17, 15) is 9.59 Å². The van der Waals surface area contributed by atoms with Gasteiger partial charge in [-0.25, -0.2) is 0 Å². The summed E-state index contributed by atoms with van der Waals surface area (Å²) in [6.07, 6.45) is 5.64. The van der Waals surface area contributed by atoms with Gasteiger partial charge in [-0.15, -0.1) is 0 Å². The summed E-state index contributed by atoms with van der Waals surface area (Å²) in [5.74, 6) is -0.172. The van der Waals surface area contributed by atoms with E-state index in [-0.39, 0.29) is 18.0 Å². The smallest absolute Gasteiger partial charge is 0.271 e. The minimum atomic E-state index is -0.661. The van der Waals surface area contributed by atoms with Gasteiger partial charge in [0.2, 0.25) is 5.91 Å². The van der Waals surface area contributed by atoms with Gasteiger partial charge in [-0.2, -0.15) is 5.10 Å². The van der Waals surface area contributed by atoms with Gasteiger partial charge < -0.3 is 11.1 Å². The van der Waals surface area contributed by atoms with Crippen molar-refractivity contribution < 1.29 is 9.59 Å². The van der Waals surface area contributed by atoms with Crippen LogP contribution in [0.1, 0.15) is 46.8 Å². The van der Waals surface area contributed by atoms with E-state index in [1.807, 2.05) is 12.1 Å². The molecule has 6 nitrogen and oxygen atoms in total. The van der Waals surface area contributed by atoms with E-state index >= 15 is 0 Å². The van der Waals surface area contributed by atoms with Gasteiger partial charge in [-0.1, -0.05) is 30.7 Å². The van der Waals surface area contributed by atoms with Crippen molar-refractivity contribution in [2.24, 2.45) is 12.8 Å². The van der Waals surface area contributed by atoms with E-state index in [4.69, 9.17) is 5.73 Å².